The number of hydrogen-bond donors (Lipinski definition) is 0. The minimum Gasteiger partial charge on any atom is -0.496 e. The standard InChI is InChI=1S/C24H31N3O5/c1-24(2,3)32-23(29)27(6)14-18-19(30-7)11-15(12-20(18)31-8)17-13-26(5)22(28)21-16(17)9-10-25(21)4/h9-13H,14H2,1-8H3. The van der Waals surface area contributed by atoms with E-state index in [1.807, 2.05) is 63.0 Å². The first kappa shape index (κ1) is 23.2. The fourth-order valence-corrected chi connectivity index (χ4v) is 3.67. The van der Waals surface area contributed by atoms with Crippen LogP contribution in [0, 0.1) is 0 Å². The van der Waals surface area contributed by atoms with Gasteiger partial charge in [-0.15, -0.1) is 0 Å². The Morgan fingerprint density at radius 3 is 2.19 bits per heavy atom. The number of fused-ring (bicyclic) bond motifs is 1. The third kappa shape index (κ3) is 4.44. The van der Waals surface area contributed by atoms with Crippen LogP contribution in [0.15, 0.2) is 35.4 Å². The van der Waals surface area contributed by atoms with Crippen LogP contribution in [0.25, 0.3) is 22.0 Å². The fraction of sp³-hybridized carbons (Fsp3) is 0.417. The number of hydrogen-bond acceptors (Lipinski definition) is 5. The molecular formula is C24H31N3O5. The molecule has 0 aliphatic rings. The fourth-order valence-electron chi connectivity index (χ4n) is 3.67. The lowest BCUT2D eigenvalue weighted by atomic mass is 10.00. The van der Waals surface area contributed by atoms with Gasteiger partial charge in [0.1, 0.15) is 22.6 Å². The first-order valence-corrected chi connectivity index (χ1v) is 10.3. The first-order chi connectivity index (χ1) is 15.0. The Morgan fingerprint density at radius 2 is 1.66 bits per heavy atom. The van der Waals surface area contributed by atoms with Crippen molar-refractivity contribution in [2.75, 3.05) is 21.3 Å². The molecule has 0 saturated heterocycles. The van der Waals surface area contributed by atoms with E-state index in [2.05, 4.69) is 0 Å². The molecule has 0 spiro atoms. The monoisotopic (exact) mass is 441 g/mol. The molecule has 3 aromatic rings. The average Bonchev–Trinajstić information content (AvgIpc) is 3.11. The molecule has 172 valence electrons. The second-order valence-corrected chi connectivity index (χ2v) is 8.84. The van der Waals surface area contributed by atoms with Gasteiger partial charge in [0, 0.05) is 44.5 Å². The number of benzene rings is 1. The van der Waals surface area contributed by atoms with Crippen molar-refractivity contribution in [1.82, 2.24) is 14.0 Å². The van der Waals surface area contributed by atoms with Crippen molar-refractivity contribution in [2.24, 2.45) is 14.1 Å². The molecule has 8 heteroatoms. The summed E-state index contributed by atoms with van der Waals surface area (Å²) in [5.41, 5.74) is 2.41. The predicted octanol–water partition coefficient (Wildman–Crippen LogP) is 3.93. The van der Waals surface area contributed by atoms with Crippen molar-refractivity contribution < 1.29 is 19.0 Å². The summed E-state index contributed by atoms with van der Waals surface area (Å²) in [6, 6.07) is 5.72. The van der Waals surface area contributed by atoms with Gasteiger partial charge in [0.15, 0.2) is 0 Å². The number of amides is 1. The van der Waals surface area contributed by atoms with Crippen molar-refractivity contribution >= 4 is 17.0 Å². The largest absolute Gasteiger partial charge is 0.496 e. The second kappa shape index (κ2) is 8.61. The van der Waals surface area contributed by atoms with Gasteiger partial charge in [-0.05, 0) is 44.5 Å². The summed E-state index contributed by atoms with van der Waals surface area (Å²) in [5, 5.41) is 0.846. The van der Waals surface area contributed by atoms with Crippen molar-refractivity contribution in [3.05, 3.63) is 46.5 Å². The molecule has 0 fully saturated rings. The Balaban J connectivity index is 2.10. The zero-order chi connectivity index (χ0) is 23.8. The summed E-state index contributed by atoms with van der Waals surface area (Å²) in [5.74, 6) is 1.15. The van der Waals surface area contributed by atoms with Crippen LogP contribution in [0.2, 0.25) is 0 Å². The Kier molecular flexibility index (Phi) is 6.25. The lowest BCUT2D eigenvalue weighted by molar-refractivity contribution is 0.0283. The molecule has 0 aliphatic heterocycles. The van der Waals surface area contributed by atoms with E-state index in [1.54, 1.807) is 32.9 Å². The van der Waals surface area contributed by atoms with Gasteiger partial charge in [-0.1, -0.05) is 0 Å². The summed E-state index contributed by atoms with van der Waals surface area (Å²) < 4.78 is 20.2. The summed E-state index contributed by atoms with van der Waals surface area (Å²) in [6.45, 7) is 5.72. The van der Waals surface area contributed by atoms with Gasteiger partial charge in [0.25, 0.3) is 5.56 Å². The molecule has 0 bridgehead atoms. The van der Waals surface area contributed by atoms with E-state index >= 15 is 0 Å². The molecule has 0 saturated carbocycles. The predicted molar refractivity (Wildman–Crippen MR) is 124 cm³/mol. The van der Waals surface area contributed by atoms with Crippen LogP contribution in [-0.4, -0.2) is 47.0 Å². The van der Waals surface area contributed by atoms with Gasteiger partial charge in [0.05, 0.1) is 26.3 Å². The van der Waals surface area contributed by atoms with Gasteiger partial charge in [-0.2, -0.15) is 0 Å². The third-order valence-corrected chi connectivity index (χ3v) is 5.23. The minimum absolute atomic E-state index is 0.0641. The molecule has 0 atom stereocenters. The lowest BCUT2D eigenvalue weighted by Crippen LogP contribution is -2.34. The molecule has 3 rings (SSSR count). The molecule has 0 unspecified atom stereocenters. The normalized spacial score (nSPS) is 11.5. The smallest absolute Gasteiger partial charge is 0.410 e. The number of aryl methyl sites for hydroxylation is 2. The van der Waals surface area contributed by atoms with E-state index in [0.717, 1.165) is 22.1 Å². The van der Waals surface area contributed by atoms with Crippen molar-refractivity contribution in [2.45, 2.75) is 32.9 Å². The van der Waals surface area contributed by atoms with E-state index in [0.29, 0.717) is 17.0 Å². The summed E-state index contributed by atoms with van der Waals surface area (Å²) in [4.78, 5) is 26.6. The molecular weight excluding hydrogens is 410 g/mol. The highest BCUT2D eigenvalue weighted by molar-refractivity contribution is 5.95. The molecule has 0 N–H and O–H groups in total. The number of carbonyl (C=O) groups is 1. The van der Waals surface area contributed by atoms with Crippen molar-refractivity contribution in [3.63, 3.8) is 0 Å². The van der Waals surface area contributed by atoms with Crippen LogP contribution < -0.4 is 15.0 Å². The molecule has 2 aromatic heterocycles. The first-order valence-electron chi connectivity index (χ1n) is 10.3. The summed E-state index contributed by atoms with van der Waals surface area (Å²) in [7, 11) is 8.41. The zero-order valence-corrected chi connectivity index (χ0v) is 20.0. The van der Waals surface area contributed by atoms with Gasteiger partial charge in [0.2, 0.25) is 0 Å². The van der Waals surface area contributed by atoms with Crippen molar-refractivity contribution in [3.8, 4) is 22.6 Å². The minimum atomic E-state index is -0.590. The highest BCUT2D eigenvalue weighted by atomic mass is 16.6. The van der Waals surface area contributed by atoms with Gasteiger partial charge in [-0.3, -0.25) is 4.79 Å². The number of methoxy groups -OCH3 is 2. The maximum Gasteiger partial charge on any atom is 0.410 e. The third-order valence-electron chi connectivity index (χ3n) is 5.23. The summed E-state index contributed by atoms with van der Waals surface area (Å²) >= 11 is 0. The molecule has 2 heterocycles. The Labute approximate surface area is 187 Å². The molecule has 32 heavy (non-hydrogen) atoms. The van der Waals surface area contributed by atoms with Gasteiger partial charge in [-0.25, -0.2) is 4.79 Å². The number of nitrogens with zero attached hydrogens (tertiary/aromatic N) is 3. The number of carbonyl (C=O) groups excluding carboxylic acids is 1. The van der Waals surface area contributed by atoms with Crippen molar-refractivity contribution in [1.29, 1.82) is 0 Å². The van der Waals surface area contributed by atoms with E-state index in [-0.39, 0.29) is 12.1 Å². The second-order valence-electron chi connectivity index (χ2n) is 8.84. The molecule has 1 aromatic carbocycles. The zero-order valence-electron chi connectivity index (χ0n) is 20.0. The van der Waals surface area contributed by atoms with Crippen LogP contribution in [0.5, 0.6) is 11.5 Å². The SMILES string of the molecule is COc1cc(-c2cn(C)c(=O)c3c2ccn3C)cc(OC)c1CN(C)C(=O)OC(C)(C)C. The van der Waals surface area contributed by atoms with Gasteiger partial charge >= 0.3 is 6.09 Å². The lowest BCUT2D eigenvalue weighted by Gasteiger charge is -2.26. The molecule has 0 aliphatic carbocycles. The number of aromatic nitrogens is 2. The highest BCUT2D eigenvalue weighted by Gasteiger charge is 2.23. The number of pyridine rings is 1. The molecule has 1 amide bonds. The Bertz CT molecular complexity index is 1190. The van der Waals surface area contributed by atoms with E-state index in [4.69, 9.17) is 14.2 Å². The summed E-state index contributed by atoms with van der Waals surface area (Å²) in [6.07, 6.45) is 3.24. The Morgan fingerprint density at radius 1 is 1.06 bits per heavy atom. The topological polar surface area (TPSA) is 74.9 Å². The van der Waals surface area contributed by atoms with Crippen LogP contribution in [0.3, 0.4) is 0 Å². The molecule has 0 radical (unpaired) electrons. The quantitative estimate of drug-likeness (QED) is 0.600. The number of rotatable bonds is 5. The van der Waals surface area contributed by atoms with Gasteiger partial charge < -0.3 is 28.2 Å². The van der Waals surface area contributed by atoms with Crippen LogP contribution in [0.4, 0.5) is 4.79 Å². The average molecular weight is 442 g/mol. The maximum absolute atomic E-state index is 12.6. The Hall–Kier alpha value is -3.42. The molecule has 8 nitrogen and oxygen atoms in total. The number of ether oxygens (including phenoxy) is 3. The van der Waals surface area contributed by atoms with E-state index in [9.17, 15) is 9.59 Å². The van der Waals surface area contributed by atoms with Crippen LogP contribution >= 0.6 is 0 Å². The van der Waals surface area contributed by atoms with Crippen LogP contribution in [0.1, 0.15) is 26.3 Å². The van der Waals surface area contributed by atoms with Crippen LogP contribution in [-0.2, 0) is 25.4 Å². The van der Waals surface area contributed by atoms with E-state index in [1.165, 1.54) is 4.90 Å². The maximum atomic E-state index is 12.6. The highest BCUT2D eigenvalue weighted by Crippen LogP contribution is 2.38. The van der Waals surface area contributed by atoms with E-state index < -0.39 is 11.7 Å².